The molecule has 0 atom stereocenters. The maximum Gasteiger partial charge on any atom is 0.251 e. The number of hydrogen-bond donors (Lipinski definition) is 4. The van der Waals surface area contributed by atoms with Crippen LogP contribution in [-0.2, 0) is 19.4 Å². The standard InChI is InChI=1S/C28H43N7O/c1-3-16-35(17-4-2)18-6-5-11-29-21-23-7-9-25(10-8-23)28(36)34-22-24(19-26-30-12-13-31-26)20-27-32-14-15-33-27/h7-10,12-15,24,29H,3-6,11,16-22H2,1-2H3,(H,30,31)(H,32,33)(H,34,36). The lowest BCUT2D eigenvalue weighted by atomic mass is 10.00. The topological polar surface area (TPSA) is 102 Å². The summed E-state index contributed by atoms with van der Waals surface area (Å²) in [6, 6.07) is 7.90. The van der Waals surface area contributed by atoms with Gasteiger partial charge in [0.15, 0.2) is 0 Å². The van der Waals surface area contributed by atoms with Gasteiger partial charge < -0.3 is 25.5 Å². The fraction of sp³-hybridized carbons (Fsp3) is 0.536. The number of hydrogen-bond acceptors (Lipinski definition) is 5. The Hall–Kier alpha value is -2.97. The second kappa shape index (κ2) is 15.9. The van der Waals surface area contributed by atoms with Crippen LogP contribution in [0.3, 0.4) is 0 Å². The van der Waals surface area contributed by atoms with Gasteiger partial charge in [0.1, 0.15) is 11.6 Å². The molecule has 8 heteroatoms. The summed E-state index contributed by atoms with van der Waals surface area (Å²) in [5, 5.41) is 6.63. The number of carbonyl (C=O) groups excluding carboxylic acids is 1. The molecule has 196 valence electrons. The van der Waals surface area contributed by atoms with Crippen molar-refractivity contribution in [3.05, 3.63) is 71.8 Å². The van der Waals surface area contributed by atoms with Crippen molar-refractivity contribution in [2.75, 3.05) is 32.7 Å². The summed E-state index contributed by atoms with van der Waals surface area (Å²) in [6.07, 6.45) is 13.5. The van der Waals surface area contributed by atoms with E-state index in [0.29, 0.717) is 12.1 Å². The monoisotopic (exact) mass is 493 g/mol. The van der Waals surface area contributed by atoms with Crippen molar-refractivity contribution in [3.8, 4) is 0 Å². The second-order valence-electron chi connectivity index (χ2n) is 9.48. The number of benzene rings is 1. The van der Waals surface area contributed by atoms with Gasteiger partial charge in [0.05, 0.1) is 0 Å². The number of imidazole rings is 2. The Morgan fingerprint density at radius 3 is 2.11 bits per heavy atom. The number of H-pyrrole nitrogens is 2. The molecule has 2 aromatic heterocycles. The van der Waals surface area contributed by atoms with E-state index < -0.39 is 0 Å². The predicted molar refractivity (Wildman–Crippen MR) is 145 cm³/mol. The number of aromatic amines is 2. The van der Waals surface area contributed by atoms with Crippen LogP contribution in [0.25, 0.3) is 0 Å². The lowest BCUT2D eigenvalue weighted by Crippen LogP contribution is -2.31. The van der Waals surface area contributed by atoms with Crippen LogP contribution in [0.2, 0.25) is 0 Å². The van der Waals surface area contributed by atoms with Crippen LogP contribution in [0.5, 0.6) is 0 Å². The summed E-state index contributed by atoms with van der Waals surface area (Å²) in [5.41, 5.74) is 1.87. The van der Waals surface area contributed by atoms with E-state index in [9.17, 15) is 4.79 Å². The van der Waals surface area contributed by atoms with Crippen LogP contribution < -0.4 is 10.6 Å². The SMILES string of the molecule is CCCN(CCC)CCCCNCc1ccc(C(=O)NCC(Cc2ncc[nH]2)Cc2ncc[nH]2)cc1. The van der Waals surface area contributed by atoms with Gasteiger partial charge in [-0.2, -0.15) is 0 Å². The van der Waals surface area contributed by atoms with E-state index in [4.69, 9.17) is 0 Å². The van der Waals surface area contributed by atoms with Crippen LogP contribution in [0.15, 0.2) is 49.1 Å². The second-order valence-corrected chi connectivity index (χ2v) is 9.48. The third-order valence-electron chi connectivity index (χ3n) is 6.33. The zero-order chi connectivity index (χ0) is 25.4. The molecule has 0 spiro atoms. The Kier molecular flexibility index (Phi) is 12.2. The number of carbonyl (C=O) groups is 1. The van der Waals surface area contributed by atoms with Gasteiger partial charge in [0, 0.05) is 56.3 Å². The van der Waals surface area contributed by atoms with E-state index in [1.807, 2.05) is 36.7 Å². The van der Waals surface area contributed by atoms with Crippen LogP contribution in [-0.4, -0.2) is 63.5 Å². The Morgan fingerprint density at radius 1 is 0.917 bits per heavy atom. The maximum atomic E-state index is 12.8. The molecule has 0 aliphatic rings. The van der Waals surface area contributed by atoms with E-state index >= 15 is 0 Å². The normalized spacial score (nSPS) is 11.4. The molecule has 2 heterocycles. The van der Waals surface area contributed by atoms with Gasteiger partial charge >= 0.3 is 0 Å². The molecule has 0 fully saturated rings. The minimum Gasteiger partial charge on any atom is -0.352 e. The summed E-state index contributed by atoms with van der Waals surface area (Å²) in [7, 11) is 0. The molecule has 0 saturated heterocycles. The average molecular weight is 494 g/mol. The zero-order valence-corrected chi connectivity index (χ0v) is 21.9. The summed E-state index contributed by atoms with van der Waals surface area (Å²) < 4.78 is 0. The molecule has 36 heavy (non-hydrogen) atoms. The molecule has 0 aliphatic heterocycles. The molecular weight excluding hydrogens is 450 g/mol. The lowest BCUT2D eigenvalue weighted by molar-refractivity contribution is 0.0946. The predicted octanol–water partition coefficient (Wildman–Crippen LogP) is 3.96. The first-order valence-electron chi connectivity index (χ1n) is 13.4. The van der Waals surface area contributed by atoms with Crippen molar-refractivity contribution >= 4 is 5.91 Å². The van der Waals surface area contributed by atoms with Gasteiger partial charge in [-0.15, -0.1) is 0 Å². The molecule has 0 saturated carbocycles. The van der Waals surface area contributed by atoms with E-state index in [2.05, 4.69) is 49.3 Å². The number of rotatable bonds is 18. The molecule has 4 N–H and O–H groups in total. The molecule has 0 bridgehead atoms. The van der Waals surface area contributed by atoms with Crippen LogP contribution >= 0.6 is 0 Å². The van der Waals surface area contributed by atoms with E-state index in [1.54, 1.807) is 12.4 Å². The molecule has 3 aromatic rings. The van der Waals surface area contributed by atoms with E-state index in [0.717, 1.165) is 37.6 Å². The minimum absolute atomic E-state index is 0.0536. The fourth-order valence-corrected chi connectivity index (χ4v) is 4.48. The highest BCUT2D eigenvalue weighted by Gasteiger charge is 2.16. The summed E-state index contributed by atoms with van der Waals surface area (Å²) >= 11 is 0. The number of unbranched alkanes of at least 4 members (excludes halogenated alkanes) is 1. The maximum absolute atomic E-state index is 12.8. The zero-order valence-electron chi connectivity index (χ0n) is 21.9. The van der Waals surface area contributed by atoms with Gasteiger partial charge in [-0.05, 0) is 75.5 Å². The van der Waals surface area contributed by atoms with E-state index in [-0.39, 0.29) is 11.8 Å². The summed E-state index contributed by atoms with van der Waals surface area (Å²) in [5.74, 6) is 1.96. The lowest BCUT2D eigenvalue weighted by Gasteiger charge is -2.20. The molecule has 3 rings (SSSR count). The number of nitrogens with zero attached hydrogens (tertiary/aromatic N) is 3. The highest BCUT2D eigenvalue weighted by atomic mass is 16.1. The van der Waals surface area contributed by atoms with Crippen LogP contribution in [0.4, 0.5) is 0 Å². The van der Waals surface area contributed by atoms with Crippen molar-refractivity contribution in [2.45, 2.75) is 58.9 Å². The van der Waals surface area contributed by atoms with Crippen molar-refractivity contribution in [2.24, 2.45) is 5.92 Å². The van der Waals surface area contributed by atoms with Crippen molar-refractivity contribution in [1.29, 1.82) is 0 Å². The van der Waals surface area contributed by atoms with Crippen molar-refractivity contribution in [3.63, 3.8) is 0 Å². The van der Waals surface area contributed by atoms with Gasteiger partial charge in [-0.25, -0.2) is 9.97 Å². The Labute approximate surface area is 215 Å². The molecule has 8 nitrogen and oxygen atoms in total. The van der Waals surface area contributed by atoms with Crippen LogP contribution in [0.1, 0.15) is 67.1 Å². The first-order chi connectivity index (χ1) is 17.7. The Balaban J connectivity index is 1.38. The third-order valence-corrected chi connectivity index (χ3v) is 6.33. The fourth-order valence-electron chi connectivity index (χ4n) is 4.48. The number of aromatic nitrogens is 4. The molecule has 0 radical (unpaired) electrons. The first-order valence-corrected chi connectivity index (χ1v) is 13.4. The largest absolute Gasteiger partial charge is 0.352 e. The number of amides is 1. The smallest absolute Gasteiger partial charge is 0.251 e. The molecule has 1 aromatic carbocycles. The van der Waals surface area contributed by atoms with Crippen molar-refractivity contribution in [1.82, 2.24) is 35.5 Å². The minimum atomic E-state index is -0.0536. The summed E-state index contributed by atoms with van der Waals surface area (Å²) in [6.45, 7) is 10.5. The Bertz CT molecular complexity index is 912. The quantitative estimate of drug-likeness (QED) is 0.201. The van der Waals surface area contributed by atoms with Crippen molar-refractivity contribution < 1.29 is 4.79 Å². The van der Waals surface area contributed by atoms with Crippen LogP contribution in [0, 0.1) is 5.92 Å². The first kappa shape index (κ1) is 27.6. The van der Waals surface area contributed by atoms with Gasteiger partial charge in [-0.3, -0.25) is 4.79 Å². The van der Waals surface area contributed by atoms with Gasteiger partial charge in [0.2, 0.25) is 0 Å². The highest BCUT2D eigenvalue weighted by molar-refractivity contribution is 5.94. The third kappa shape index (κ3) is 9.95. The van der Waals surface area contributed by atoms with Gasteiger partial charge in [-0.1, -0.05) is 26.0 Å². The molecule has 0 aliphatic carbocycles. The van der Waals surface area contributed by atoms with E-state index in [1.165, 1.54) is 50.9 Å². The van der Waals surface area contributed by atoms with Gasteiger partial charge in [0.25, 0.3) is 5.91 Å². The summed E-state index contributed by atoms with van der Waals surface area (Å²) in [4.78, 5) is 30.3. The highest BCUT2D eigenvalue weighted by Crippen LogP contribution is 2.11. The Morgan fingerprint density at radius 2 is 1.56 bits per heavy atom. The number of nitrogens with one attached hydrogen (secondary N) is 4. The molecule has 0 unspecified atom stereocenters. The molecule has 1 amide bonds. The molecular formula is C28H43N7O. The average Bonchev–Trinajstić information content (AvgIpc) is 3.60.